The van der Waals surface area contributed by atoms with E-state index >= 15 is 0 Å². The first-order chi connectivity index (χ1) is 14.6. The maximum absolute atomic E-state index is 11.3. The molecule has 0 aliphatic heterocycles. The Morgan fingerprint density at radius 2 is 1.00 bits per heavy atom. The first-order valence-corrected chi connectivity index (χ1v) is 12.9. The predicted octanol–water partition coefficient (Wildman–Crippen LogP) is 5.09. The normalized spacial score (nSPS) is 34.7. The summed E-state index contributed by atoms with van der Waals surface area (Å²) < 4.78 is 0. The van der Waals surface area contributed by atoms with Crippen LogP contribution < -0.4 is 0 Å². The van der Waals surface area contributed by atoms with Gasteiger partial charge in [-0.15, -0.1) is 0 Å². The summed E-state index contributed by atoms with van der Waals surface area (Å²) in [6.45, 7) is 0.657. The van der Waals surface area contributed by atoms with Gasteiger partial charge in [0.15, 0.2) is 0 Å². The van der Waals surface area contributed by atoms with Crippen molar-refractivity contribution in [3.63, 3.8) is 0 Å². The molecule has 30 heavy (non-hydrogen) atoms. The molecule has 0 amide bonds. The molecule has 0 aromatic carbocycles. The van der Waals surface area contributed by atoms with Gasteiger partial charge in [-0.25, -0.2) is 0 Å². The van der Waals surface area contributed by atoms with Crippen molar-refractivity contribution in [1.82, 2.24) is 0 Å². The Kier molecular flexibility index (Phi) is 9.83. The summed E-state index contributed by atoms with van der Waals surface area (Å²) in [5.41, 5.74) is 0. The van der Waals surface area contributed by atoms with Gasteiger partial charge in [-0.2, -0.15) is 0 Å². The summed E-state index contributed by atoms with van der Waals surface area (Å²) >= 11 is 0. The SMILES string of the molecule is O=C1CC2CCC(CCCCCO)C2C1.O=C1CC2CCC(CCCCCO)C2C1. The highest BCUT2D eigenvalue weighted by Crippen LogP contribution is 2.48. The van der Waals surface area contributed by atoms with E-state index in [2.05, 4.69) is 0 Å². The number of hydrogen-bond acceptors (Lipinski definition) is 4. The molecule has 2 N–H and O–H groups in total. The Bertz CT molecular complexity index is 497. The summed E-state index contributed by atoms with van der Waals surface area (Å²) in [6.07, 6.45) is 18.0. The number of unbranched alkanes of at least 4 members (excludes halogenated alkanes) is 4. The second-order valence-electron chi connectivity index (χ2n) is 10.6. The molecule has 4 saturated carbocycles. The zero-order valence-electron chi connectivity index (χ0n) is 18.9. The van der Waals surface area contributed by atoms with Crippen LogP contribution in [0.5, 0.6) is 0 Å². The molecule has 4 aliphatic carbocycles. The summed E-state index contributed by atoms with van der Waals surface area (Å²) in [4.78, 5) is 22.7. The number of carbonyl (C=O) groups excluding carboxylic acids is 2. The highest BCUT2D eigenvalue weighted by molar-refractivity contribution is 5.81. The number of carbonyl (C=O) groups is 2. The molecule has 4 aliphatic rings. The van der Waals surface area contributed by atoms with Crippen molar-refractivity contribution in [1.29, 1.82) is 0 Å². The minimum atomic E-state index is 0.329. The van der Waals surface area contributed by atoms with E-state index in [1.54, 1.807) is 0 Å². The zero-order valence-corrected chi connectivity index (χ0v) is 18.9. The van der Waals surface area contributed by atoms with Gasteiger partial charge in [0.25, 0.3) is 0 Å². The molecule has 6 unspecified atom stereocenters. The third-order valence-electron chi connectivity index (χ3n) is 8.61. The van der Waals surface area contributed by atoms with Crippen LogP contribution >= 0.6 is 0 Å². The fourth-order valence-corrected chi connectivity index (χ4v) is 7.04. The van der Waals surface area contributed by atoms with Gasteiger partial charge in [0.2, 0.25) is 0 Å². The minimum Gasteiger partial charge on any atom is -0.396 e. The van der Waals surface area contributed by atoms with Crippen LogP contribution in [-0.4, -0.2) is 35.0 Å². The molecule has 4 rings (SSSR count). The molecule has 0 aromatic heterocycles. The fraction of sp³-hybridized carbons (Fsp3) is 0.923. The second-order valence-corrected chi connectivity index (χ2v) is 10.6. The van der Waals surface area contributed by atoms with Crippen molar-refractivity contribution in [2.24, 2.45) is 35.5 Å². The van der Waals surface area contributed by atoms with E-state index < -0.39 is 0 Å². The first-order valence-electron chi connectivity index (χ1n) is 12.9. The van der Waals surface area contributed by atoms with Gasteiger partial charge in [-0.3, -0.25) is 9.59 Å². The molecule has 0 saturated heterocycles. The topological polar surface area (TPSA) is 74.6 Å². The third kappa shape index (κ3) is 6.63. The maximum Gasteiger partial charge on any atom is 0.133 e. The number of ketones is 2. The Hall–Kier alpha value is -0.740. The van der Waals surface area contributed by atoms with Crippen molar-refractivity contribution in [2.45, 2.75) is 103 Å². The van der Waals surface area contributed by atoms with E-state index in [1.807, 2.05) is 0 Å². The van der Waals surface area contributed by atoms with Gasteiger partial charge < -0.3 is 10.2 Å². The predicted molar refractivity (Wildman–Crippen MR) is 119 cm³/mol. The van der Waals surface area contributed by atoms with Gasteiger partial charge in [0.1, 0.15) is 11.6 Å². The minimum absolute atomic E-state index is 0.329. The molecule has 0 heterocycles. The molecule has 6 atom stereocenters. The average Bonchev–Trinajstić information content (AvgIpc) is 3.46. The number of rotatable bonds is 10. The molecular weight excluding hydrogens is 376 g/mol. The summed E-state index contributed by atoms with van der Waals surface area (Å²) in [6, 6.07) is 0. The number of aliphatic hydroxyl groups excluding tert-OH is 2. The van der Waals surface area contributed by atoms with Crippen LogP contribution in [0.15, 0.2) is 0 Å². The van der Waals surface area contributed by atoms with Gasteiger partial charge in [-0.05, 0) is 74.0 Å². The van der Waals surface area contributed by atoms with Gasteiger partial charge in [-0.1, -0.05) is 38.5 Å². The lowest BCUT2D eigenvalue weighted by atomic mass is 9.88. The summed E-state index contributed by atoms with van der Waals surface area (Å²) in [5.74, 6) is 5.58. The molecule has 0 radical (unpaired) electrons. The summed E-state index contributed by atoms with van der Waals surface area (Å²) in [7, 11) is 0. The molecule has 0 spiro atoms. The van der Waals surface area contributed by atoms with Crippen LogP contribution in [0.1, 0.15) is 103 Å². The molecule has 4 heteroatoms. The standard InChI is InChI=1S/2C13H22O2/c2*14-7-3-1-2-4-10-5-6-11-8-12(15)9-13(10)11/h2*10-11,13-14H,1-9H2. The lowest BCUT2D eigenvalue weighted by Gasteiger charge is -2.17. The van der Waals surface area contributed by atoms with Crippen LogP contribution in [0.4, 0.5) is 0 Å². The van der Waals surface area contributed by atoms with E-state index in [9.17, 15) is 9.59 Å². The monoisotopic (exact) mass is 420 g/mol. The fourth-order valence-electron chi connectivity index (χ4n) is 7.04. The van der Waals surface area contributed by atoms with Crippen LogP contribution in [0, 0.1) is 35.5 Å². The highest BCUT2D eigenvalue weighted by atomic mass is 16.3. The quantitative estimate of drug-likeness (QED) is 0.483. The van der Waals surface area contributed by atoms with Gasteiger partial charge >= 0.3 is 0 Å². The Morgan fingerprint density at radius 1 is 0.567 bits per heavy atom. The van der Waals surface area contributed by atoms with E-state index in [0.717, 1.165) is 86.9 Å². The number of aliphatic hydroxyl groups is 2. The average molecular weight is 421 g/mol. The molecule has 172 valence electrons. The smallest absolute Gasteiger partial charge is 0.133 e. The van der Waals surface area contributed by atoms with Crippen LogP contribution in [0.3, 0.4) is 0 Å². The zero-order chi connectivity index (χ0) is 21.3. The summed E-state index contributed by atoms with van der Waals surface area (Å²) in [5, 5.41) is 17.4. The lowest BCUT2D eigenvalue weighted by molar-refractivity contribution is -0.118. The highest BCUT2D eigenvalue weighted by Gasteiger charge is 2.42. The molecule has 4 nitrogen and oxygen atoms in total. The van der Waals surface area contributed by atoms with Crippen molar-refractivity contribution in [3.05, 3.63) is 0 Å². The first kappa shape index (κ1) is 23.9. The number of hydrogen-bond donors (Lipinski definition) is 2. The van der Waals surface area contributed by atoms with E-state index in [1.165, 1.54) is 51.4 Å². The third-order valence-corrected chi connectivity index (χ3v) is 8.61. The molecular formula is C26H44O4. The molecule has 4 fully saturated rings. The van der Waals surface area contributed by atoms with Crippen LogP contribution in [-0.2, 0) is 9.59 Å². The Morgan fingerprint density at radius 3 is 1.40 bits per heavy atom. The maximum atomic E-state index is 11.3. The van der Waals surface area contributed by atoms with Crippen molar-refractivity contribution in [3.8, 4) is 0 Å². The number of Topliss-reactive ketones (excluding diaryl/α,β-unsaturated/α-hetero) is 2. The largest absolute Gasteiger partial charge is 0.396 e. The lowest BCUT2D eigenvalue weighted by Crippen LogP contribution is -2.09. The molecule has 0 bridgehead atoms. The van der Waals surface area contributed by atoms with Crippen LogP contribution in [0.25, 0.3) is 0 Å². The molecule has 0 aromatic rings. The van der Waals surface area contributed by atoms with E-state index in [4.69, 9.17) is 10.2 Å². The van der Waals surface area contributed by atoms with Crippen molar-refractivity contribution >= 4 is 11.6 Å². The van der Waals surface area contributed by atoms with E-state index in [0.29, 0.717) is 24.8 Å². The number of fused-ring (bicyclic) bond motifs is 2. The second kappa shape index (κ2) is 12.3. The van der Waals surface area contributed by atoms with Gasteiger partial charge in [0.05, 0.1) is 0 Å². The Labute approximate surface area is 183 Å². The van der Waals surface area contributed by atoms with Gasteiger partial charge in [0, 0.05) is 38.9 Å². The van der Waals surface area contributed by atoms with E-state index in [-0.39, 0.29) is 0 Å². The Balaban J connectivity index is 0.000000171. The van der Waals surface area contributed by atoms with Crippen molar-refractivity contribution < 1.29 is 19.8 Å². The van der Waals surface area contributed by atoms with Crippen LogP contribution in [0.2, 0.25) is 0 Å². The van der Waals surface area contributed by atoms with Crippen molar-refractivity contribution in [2.75, 3.05) is 13.2 Å².